The maximum absolute atomic E-state index is 12.6. The summed E-state index contributed by atoms with van der Waals surface area (Å²) >= 11 is 1.41. The van der Waals surface area contributed by atoms with Gasteiger partial charge >= 0.3 is 0 Å². The number of carbonyl (C=O) groups is 2. The molecule has 0 unspecified atom stereocenters. The molecule has 2 aromatic carbocycles. The zero-order valence-electron chi connectivity index (χ0n) is 15.4. The third kappa shape index (κ3) is 4.16. The van der Waals surface area contributed by atoms with Gasteiger partial charge in [-0.05, 0) is 67.7 Å². The number of anilines is 3. The molecule has 28 heavy (non-hydrogen) atoms. The Morgan fingerprint density at radius 1 is 1.04 bits per heavy atom. The Morgan fingerprint density at radius 2 is 1.82 bits per heavy atom. The van der Waals surface area contributed by atoms with E-state index in [1.165, 1.54) is 11.3 Å². The van der Waals surface area contributed by atoms with Gasteiger partial charge in [-0.15, -0.1) is 11.3 Å². The summed E-state index contributed by atoms with van der Waals surface area (Å²) in [6, 6.07) is 14.7. The van der Waals surface area contributed by atoms with Crippen LogP contribution < -0.4 is 16.4 Å². The van der Waals surface area contributed by atoms with Crippen LogP contribution in [-0.2, 0) is 4.79 Å². The van der Waals surface area contributed by atoms with Gasteiger partial charge in [0.25, 0.3) is 5.91 Å². The average molecular weight is 395 g/mol. The van der Waals surface area contributed by atoms with Gasteiger partial charge in [0.2, 0.25) is 5.91 Å². The van der Waals surface area contributed by atoms with Crippen molar-refractivity contribution in [2.75, 3.05) is 36.0 Å². The van der Waals surface area contributed by atoms with Crippen LogP contribution in [0, 0.1) is 0 Å². The Hall–Kier alpha value is -2.90. The number of hydrogen-bond donors (Lipinski definition) is 3. The average Bonchev–Trinajstić information content (AvgIpc) is 3.32. The predicted octanol–water partition coefficient (Wildman–Crippen LogP) is 3.77. The molecule has 1 fully saturated rings. The number of likely N-dealkylation sites (tertiary alicyclic amines) is 1. The van der Waals surface area contributed by atoms with Gasteiger partial charge in [-0.1, -0.05) is 12.1 Å². The second kappa shape index (κ2) is 8.00. The van der Waals surface area contributed by atoms with E-state index in [1.807, 2.05) is 36.4 Å². The number of nitrogens with two attached hydrogens (primary N) is 1. The maximum Gasteiger partial charge on any atom is 0.265 e. The van der Waals surface area contributed by atoms with E-state index in [0.29, 0.717) is 22.8 Å². The smallest absolute Gasteiger partial charge is 0.265 e. The fraction of sp³-hybridized carbons (Fsp3) is 0.238. The largest absolute Gasteiger partial charge is 0.397 e. The van der Waals surface area contributed by atoms with Crippen LogP contribution in [0.5, 0.6) is 0 Å². The lowest BCUT2D eigenvalue weighted by molar-refractivity contribution is -0.117. The summed E-state index contributed by atoms with van der Waals surface area (Å²) in [7, 11) is 0. The fourth-order valence-corrected chi connectivity index (χ4v) is 4.31. The molecule has 0 atom stereocenters. The first-order chi connectivity index (χ1) is 13.6. The maximum atomic E-state index is 12.6. The van der Waals surface area contributed by atoms with Crippen molar-refractivity contribution in [3.05, 3.63) is 53.4 Å². The fourth-order valence-electron chi connectivity index (χ4n) is 3.37. The van der Waals surface area contributed by atoms with E-state index in [9.17, 15) is 9.59 Å². The summed E-state index contributed by atoms with van der Waals surface area (Å²) in [6.45, 7) is 2.40. The summed E-state index contributed by atoms with van der Waals surface area (Å²) in [5.41, 5.74) is 7.76. The van der Waals surface area contributed by atoms with E-state index >= 15 is 0 Å². The molecule has 6 nitrogen and oxygen atoms in total. The van der Waals surface area contributed by atoms with Gasteiger partial charge in [0.05, 0.1) is 22.8 Å². The second-order valence-electron chi connectivity index (χ2n) is 6.94. The highest BCUT2D eigenvalue weighted by Crippen LogP contribution is 2.29. The molecule has 0 spiro atoms. The van der Waals surface area contributed by atoms with Gasteiger partial charge in [0, 0.05) is 10.4 Å². The SMILES string of the molecule is Nc1ccccc1NC(=O)c1cc2cc(NC(=O)CN3CCCC3)ccc2s1. The van der Waals surface area contributed by atoms with Crippen LogP contribution >= 0.6 is 11.3 Å². The monoisotopic (exact) mass is 394 g/mol. The molecule has 0 bridgehead atoms. The van der Waals surface area contributed by atoms with Gasteiger partial charge in [0.1, 0.15) is 0 Å². The van der Waals surface area contributed by atoms with Gasteiger partial charge in [-0.25, -0.2) is 0 Å². The van der Waals surface area contributed by atoms with Crippen molar-refractivity contribution >= 4 is 50.3 Å². The van der Waals surface area contributed by atoms with E-state index in [2.05, 4.69) is 15.5 Å². The van der Waals surface area contributed by atoms with Crippen LogP contribution in [0.25, 0.3) is 10.1 Å². The number of carbonyl (C=O) groups excluding carboxylic acids is 2. The third-order valence-electron chi connectivity index (χ3n) is 4.80. The molecule has 0 aliphatic carbocycles. The highest BCUT2D eigenvalue weighted by atomic mass is 32.1. The van der Waals surface area contributed by atoms with Crippen molar-refractivity contribution in [1.29, 1.82) is 0 Å². The van der Waals surface area contributed by atoms with Crippen molar-refractivity contribution in [3.63, 3.8) is 0 Å². The predicted molar refractivity (Wildman–Crippen MR) is 115 cm³/mol. The number of nitrogens with one attached hydrogen (secondary N) is 2. The Morgan fingerprint density at radius 3 is 2.61 bits per heavy atom. The van der Waals surface area contributed by atoms with Gasteiger partial charge in [0.15, 0.2) is 0 Å². The van der Waals surface area contributed by atoms with Crippen molar-refractivity contribution in [2.45, 2.75) is 12.8 Å². The molecule has 1 saturated heterocycles. The molecule has 0 radical (unpaired) electrons. The molecule has 1 aliphatic rings. The first-order valence-corrected chi connectivity index (χ1v) is 10.1. The molecule has 144 valence electrons. The minimum atomic E-state index is -0.196. The molecule has 2 heterocycles. The molecular weight excluding hydrogens is 372 g/mol. The summed E-state index contributed by atoms with van der Waals surface area (Å²) in [5, 5.41) is 6.73. The minimum Gasteiger partial charge on any atom is -0.397 e. The first-order valence-electron chi connectivity index (χ1n) is 9.30. The normalized spacial score (nSPS) is 14.3. The molecule has 1 aliphatic heterocycles. The number of benzene rings is 2. The highest BCUT2D eigenvalue weighted by molar-refractivity contribution is 7.20. The number of para-hydroxylation sites is 2. The van der Waals surface area contributed by atoms with Gasteiger partial charge in [-0.2, -0.15) is 0 Å². The van der Waals surface area contributed by atoms with E-state index in [1.54, 1.807) is 12.1 Å². The first kappa shape index (κ1) is 18.5. The number of hydrogen-bond acceptors (Lipinski definition) is 5. The molecule has 0 saturated carbocycles. The molecule has 4 N–H and O–H groups in total. The van der Waals surface area contributed by atoms with Crippen molar-refractivity contribution in [3.8, 4) is 0 Å². The Kier molecular flexibility index (Phi) is 5.27. The van der Waals surface area contributed by atoms with E-state index in [4.69, 9.17) is 5.73 Å². The second-order valence-corrected chi connectivity index (χ2v) is 8.02. The van der Waals surface area contributed by atoms with Crippen LogP contribution in [0.2, 0.25) is 0 Å². The molecule has 1 aromatic heterocycles. The van der Waals surface area contributed by atoms with Gasteiger partial charge < -0.3 is 16.4 Å². The molecule has 4 rings (SSSR count). The van der Waals surface area contributed by atoms with Crippen molar-refractivity contribution in [1.82, 2.24) is 4.90 Å². The highest BCUT2D eigenvalue weighted by Gasteiger charge is 2.16. The zero-order valence-corrected chi connectivity index (χ0v) is 16.2. The third-order valence-corrected chi connectivity index (χ3v) is 5.91. The van der Waals surface area contributed by atoms with E-state index in [-0.39, 0.29) is 11.8 Å². The minimum absolute atomic E-state index is 0.00556. The Labute approximate surface area is 167 Å². The number of fused-ring (bicyclic) bond motifs is 1. The topological polar surface area (TPSA) is 87.5 Å². The van der Waals surface area contributed by atoms with Crippen molar-refractivity contribution < 1.29 is 9.59 Å². The van der Waals surface area contributed by atoms with Crippen LogP contribution in [-0.4, -0.2) is 36.3 Å². The lowest BCUT2D eigenvalue weighted by Crippen LogP contribution is -2.30. The summed E-state index contributed by atoms with van der Waals surface area (Å²) in [5.74, 6) is -0.201. The quantitative estimate of drug-likeness (QED) is 0.575. The molecule has 2 amide bonds. The Balaban J connectivity index is 1.46. The van der Waals surface area contributed by atoms with Crippen LogP contribution in [0.15, 0.2) is 48.5 Å². The standard InChI is InChI=1S/C21H22N4O2S/c22-16-5-1-2-6-17(16)24-21(27)19-12-14-11-15(7-8-18(14)28-19)23-20(26)13-25-9-3-4-10-25/h1-2,5-8,11-12H,3-4,9-10,13,22H2,(H,23,26)(H,24,27). The summed E-state index contributed by atoms with van der Waals surface area (Å²) in [6.07, 6.45) is 2.32. The van der Waals surface area contributed by atoms with Crippen LogP contribution in [0.3, 0.4) is 0 Å². The van der Waals surface area contributed by atoms with Crippen LogP contribution in [0.1, 0.15) is 22.5 Å². The lowest BCUT2D eigenvalue weighted by Gasteiger charge is -2.14. The number of amides is 2. The van der Waals surface area contributed by atoms with Gasteiger partial charge in [-0.3, -0.25) is 14.5 Å². The van der Waals surface area contributed by atoms with Crippen LogP contribution in [0.4, 0.5) is 17.1 Å². The molecular formula is C21H22N4O2S. The lowest BCUT2D eigenvalue weighted by atomic mass is 10.2. The number of thiophene rings is 1. The number of rotatable bonds is 5. The molecule has 7 heteroatoms. The van der Waals surface area contributed by atoms with Crippen molar-refractivity contribution in [2.24, 2.45) is 0 Å². The summed E-state index contributed by atoms with van der Waals surface area (Å²) in [4.78, 5) is 27.5. The zero-order chi connectivity index (χ0) is 19.5. The number of nitrogen functional groups attached to an aromatic ring is 1. The summed E-state index contributed by atoms with van der Waals surface area (Å²) < 4.78 is 0.990. The number of nitrogens with zero attached hydrogens (tertiary/aromatic N) is 1. The Bertz CT molecular complexity index is 1020. The van der Waals surface area contributed by atoms with E-state index < -0.39 is 0 Å². The van der Waals surface area contributed by atoms with E-state index in [0.717, 1.165) is 41.7 Å². The molecule has 3 aromatic rings.